The Kier molecular flexibility index (Phi) is 9.88. The van der Waals surface area contributed by atoms with Crippen molar-refractivity contribution >= 4 is 35.4 Å². The van der Waals surface area contributed by atoms with Gasteiger partial charge in [0.1, 0.15) is 18.1 Å². The van der Waals surface area contributed by atoms with Crippen LogP contribution in [0, 0.1) is 34.0 Å². The van der Waals surface area contributed by atoms with E-state index in [-0.39, 0.29) is 35.1 Å². The first-order valence-electron chi connectivity index (χ1n) is 15.8. The van der Waals surface area contributed by atoms with Crippen LogP contribution < -0.4 is 21.7 Å². The van der Waals surface area contributed by atoms with Crippen molar-refractivity contribution in [3.8, 4) is 0 Å². The van der Waals surface area contributed by atoms with Crippen molar-refractivity contribution in [3.63, 3.8) is 0 Å². The first-order valence-corrected chi connectivity index (χ1v) is 15.8. The lowest BCUT2D eigenvalue weighted by Gasteiger charge is -2.39. The average molecular weight is 619 g/mol. The number of ketones is 1. The number of hydrogen-bond acceptors (Lipinski definition) is 6. The van der Waals surface area contributed by atoms with Gasteiger partial charge in [-0.15, -0.1) is 0 Å². The number of amides is 6. The van der Waals surface area contributed by atoms with Gasteiger partial charge in [-0.2, -0.15) is 0 Å². The van der Waals surface area contributed by atoms with Crippen molar-refractivity contribution in [2.24, 2.45) is 39.7 Å². The van der Waals surface area contributed by atoms with Gasteiger partial charge in [0.25, 0.3) is 5.91 Å². The Morgan fingerprint density at radius 2 is 1.43 bits per heavy atom. The van der Waals surface area contributed by atoms with E-state index in [1.807, 2.05) is 69.2 Å². The van der Waals surface area contributed by atoms with E-state index in [1.54, 1.807) is 11.9 Å². The van der Waals surface area contributed by atoms with E-state index in [9.17, 15) is 28.8 Å². The van der Waals surface area contributed by atoms with Crippen molar-refractivity contribution < 1.29 is 28.8 Å². The molecule has 2 aliphatic carbocycles. The summed E-state index contributed by atoms with van der Waals surface area (Å²) in [5.74, 6) is -2.93. The molecule has 1 aliphatic heterocycles. The van der Waals surface area contributed by atoms with Crippen LogP contribution in [0.15, 0.2) is 0 Å². The molecule has 0 aromatic rings. The Morgan fingerprint density at radius 1 is 0.909 bits per heavy atom. The molecule has 44 heavy (non-hydrogen) atoms. The second kappa shape index (κ2) is 12.3. The van der Waals surface area contributed by atoms with Crippen LogP contribution in [0.2, 0.25) is 0 Å². The third kappa shape index (κ3) is 7.54. The number of urea groups is 1. The summed E-state index contributed by atoms with van der Waals surface area (Å²) >= 11 is 0. The molecular weight excluding hydrogens is 564 g/mol. The summed E-state index contributed by atoms with van der Waals surface area (Å²) in [4.78, 5) is 82.2. The minimum absolute atomic E-state index is 0.0693. The van der Waals surface area contributed by atoms with E-state index in [0.717, 1.165) is 12.8 Å². The molecule has 0 radical (unpaired) electrons. The molecule has 5 N–H and O–H groups in total. The molecule has 1 heterocycles. The van der Waals surface area contributed by atoms with Crippen LogP contribution in [-0.2, 0) is 24.0 Å². The van der Waals surface area contributed by atoms with E-state index in [4.69, 9.17) is 5.73 Å². The Bertz CT molecular complexity index is 1180. The fourth-order valence-electron chi connectivity index (χ4n) is 6.39. The molecule has 3 fully saturated rings. The third-order valence-corrected chi connectivity index (χ3v) is 9.80. The van der Waals surface area contributed by atoms with Crippen LogP contribution >= 0.6 is 0 Å². The first-order chi connectivity index (χ1) is 20.0. The van der Waals surface area contributed by atoms with Gasteiger partial charge in [0.05, 0.1) is 6.04 Å². The predicted molar refractivity (Wildman–Crippen MR) is 166 cm³/mol. The molecule has 12 heteroatoms. The summed E-state index contributed by atoms with van der Waals surface area (Å²) in [6.07, 6.45) is 2.17. The zero-order valence-corrected chi connectivity index (χ0v) is 28.4. The van der Waals surface area contributed by atoms with Gasteiger partial charge in [0.15, 0.2) is 0 Å². The standard InChI is InChI=1S/C32H54N6O6/c1-16(2)37(11)27(42)23(30(3,4)5)35-29(44)36-24(31(6,7)8)28(43)38-15-18-20(32(18,9)10)21(38)26(41)34-19(14-17-12-13-17)22(39)25(33)40/h16-21,23-24H,12-15H2,1-11H3,(H2,33,40)(H,34,41)(H2,35,36,44)/t18-,19?,20-,21-,23+,24+/m0/s1. The van der Waals surface area contributed by atoms with E-state index < -0.39 is 64.5 Å². The third-order valence-electron chi connectivity index (χ3n) is 9.80. The zero-order chi connectivity index (χ0) is 33.7. The van der Waals surface area contributed by atoms with Gasteiger partial charge in [-0.3, -0.25) is 24.0 Å². The lowest BCUT2D eigenvalue weighted by Crippen LogP contribution is -2.63. The molecule has 6 atom stereocenters. The molecule has 1 saturated heterocycles. The fraction of sp³-hybridized carbons (Fsp3) is 0.812. The molecule has 0 spiro atoms. The van der Waals surface area contributed by atoms with Gasteiger partial charge >= 0.3 is 6.03 Å². The highest BCUT2D eigenvalue weighted by Gasteiger charge is 2.70. The highest BCUT2D eigenvalue weighted by atomic mass is 16.2. The SMILES string of the molecule is CC(C)N(C)C(=O)[C@@H](NC(=O)N[C@H](C(=O)N1C[C@H]2[C@@H]([C@H]1C(=O)NC(CC1CC1)C(=O)C(N)=O)C2(C)C)C(C)(C)C)C(C)(C)C. The minimum Gasteiger partial charge on any atom is -0.363 e. The van der Waals surface area contributed by atoms with E-state index in [1.165, 1.54) is 4.90 Å². The Hall–Kier alpha value is -3.18. The molecule has 12 nitrogen and oxygen atoms in total. The van der Waals surface area contributed by atoms with Crippen LogP contribution in [0.25, 0.3) is 0 Å². The Morgan fingerprint density at radius 3 is 1.89 bits per heavy atom. The average Bonchev–Trinajstić information content (AvgIpc) is 3.74. The Labute approximate surface area is 262 Å². The molecule has 3 rings (SSSR count). The molecule has 1 unspecified atom stereocenters. The number of nitrogens with two attached hydrogens (primary N) is 1. The quantitative estimate of drug-likeness (QED) is 0.257. The monoisotopic (exact) mass is 618 g/mol. The zero-order valence-electron chi connectivity index (χ0n) is 28.4. The van der Waals surface area contributed by atoms with Crippen LogP contribution in [0.5, 0.6) is 0 Å². The number of primary amides is 1. The largest absolute Gasteiger partial charge is 0.363 e. The fourth-order valence-corrected chi connectivity index (χ4v) is 6.39. The summed E-state index contributed by atoms with van der Waals surface area (Å²) < 4.78 is 0. The summed E-state index contributed by atoms with van der Waals surface area (Å²) in [6.45, 7) is 19.2. The number of likely N-dealkylation sites (N-methyl/N-ethyl adjacent to an activating group) is 1. The molecular formula is C32H54N6O6. The van der Waals surface area contributed by atoms with E-state index in [0.29, 0.717) is 13.0 Å². The summed E-state index contributed by atoms with van der Waals surface area (Å²) in [7, 11) is 1.68. The molecule has 0 aromatic heterocycles. The van der Waals surface area contributed by atoms with Crippen molar-refractivity contribution in [3.05, 3.63) is 0 Å². The van der Waals surface area contributed by atoms with Crippen LogP contribution in [0.4, 0.5) is 4.79 Å². The maximum Gasteiger partial charge on any atom is 0.316 e. The number of rotatable bonds is 11. The lowest BCUT2D eigenvalue weighted by atomic mass is 9.84. The van der Waals surface area contributed by atoms with Crippen LogP contribution in [0.1, 0.15) is 88.5 Å². The molecule has 3 aliphatic rings. The molecule has 2 saturated carbocycles. The van der Waals surface area contributed by atoms with Crippen LogP contribution in [-0.4, -0.2) is 89.0 Å². The first kappa shape index (κ1) is 35.3. The molecule has 0 bridgehead atoms. The number of carbonyl (C=O) groups is 6. The van der Waals surface area contributed by atoms with E-state index >= 15 is 0 Å². The molecule has 6 amide bonds. The topological polar surface area (TPSA) is 171 Å². The lowest BCUT2D eigenvalue weighted by molar-refractivity contribution is -0.145. The van der Waals surface area contributed by atoms with E-state index in [2.05, 4.69) is 16.0 Å². The van der Waals surface area contributed by atoms with Gasteiger partial charge in [0, 0.05) is 19.6 Å². The minimum atomic E-state index is -1.10. The van der Waals surface area contributed by atoms with Gasteiger partial charge in [-0.05, 0) is 54.3 Å². The summed E-state index contributed by atoms with van der Waals surface area (Å²) in [6, 6.07) is -4.52. The maximum atomic E-state index is 14.2. The van der Waals surface area contributed by atoms with Crippen molar-refractivity contribution in [2.45, 2.75) is 119 Å². The smallest absolute Gasteiger partial charge is 0.316 e. The number of nitrogens with zero attached hydrogens (tertiary/aromatic N) is 2. The number of likely N-dealkylation sites (tertiary alicyclic amines) is 1. The van der Waals surface area contributed by atoms with Gasteiger partial charge in [-0.1, -0.05) is 68.2 Å². The Balaban J connectivity index is 1.84. The number of nitrogens with one attached hydrogen (secondary N) is 3. The summed E-state index contributed by atoms with van der Waals surface area (Å²) in [5.41, 5.74) is 3.74. The number of hydrogen-bond donors (Lipinski definition) is 4. The normalized spacial score (nSPS) is 24.5. The molecule has 248 valence electrons. The predicted octanol–water partition coefficient (Wildman–Crippen LogP) is 1.80. The van der Waals surface area contributed by atoms with Gasteiger partial charge in [0.2, 0.25) is 23.5 Å². The van der Waals surface area contributed by atoms with Crippen molar-refractivity contribution in [2.75, 3.05) is 13.6 Å². The van der Waals surface area contributed by atoms with Crippen molar-refractivity contribution in [1.82, 2.24) is 25.8 Å². The number of piperidine rings is 1. The van der Waals surface area contributed by atoms with Gasteiger partial charge < -0.3 is 31.5 Å². The maximum absolute atomic E-state index is 14.2. The number of Topliss-reactive ketones (excluding diaryl/α,β-unsaturated/α-hetero) is 1. The van der Waals surface area contributed by atoms with Gasteiger partial charge in [-0.25, -0.2) is 4.79 Å². The number of carbonyl (C=O) groups excluding carboxylic acids is 6. The van der Waals surface area contributed by atoms with Crippen LogP contribution in [0.3, 0.4) is 0 Å². The second-order valence-electron chi connectivity index (χ2n) is 16.1. The summed E-state index contributed by atoms with van der Waals surface area (Å²) in [5, 5.41) is 8.38. The number of fused-ring (bicyclic) bond motifs is 1. The molecule has 0 aromatic carbocycles. The highest BCUT2D eigenvalue weighted by molar-refractivity contribution is 6.37. The van der Waals surface area contributed by atoms with Crippen molar-refractivity contribution in [1.29, 1.82) is 0 Å². The second-order valence-corrected chi connectivity index (χ2v) is 16.1. The highest BCUT2D eigenvalue weighted by Crippen LogP contribution is 2.65.